The number of hydrogen-bond acceptors (Lipinski definition) is 2. The summed E-state index contributed by atoms with van der Waals surface area (Å²) in [6.45, 7) is 6.77. The molecule has 3 heteroatoms. The largest absolute Gasteiger partial charge is 0.377 e. The second-order valence-electron chi connectivity index (χ2n) is 5.38. The molecule has 0 aromatic carbocycles. The average molecular weight is 210 g/mol. The zero-order valence-electron chi connectivity index (χ0n) is 9.88. The minimum atomic E-state index is 0.0118. The molecular formula is C12H22N2O. The van der Waals surface area contributed by atoms with Gasteiger partial charge in [-0.15, -0.1) is 0 Å². The Balaban J connectivity index is 2.04. The molecule has 0 spiro atoms. The Bertz CT molecular complexity index is 244. The Kier molecular flexibility index (Phi) is 3.01. The maximum atomic E-state index is 8.31. The average Bonchev–Trinajstić information content (AvgIpc) is 2.69. The first-order chi connectivity index (χ1) is 7.11. The Morgan fingerprint density at radius 2 is 2.00 bits per heavy atom. The van der Waals surface area contributed by atoms with Crippen molar-refractivity contribution in [1.82, 2.24) is 4.90 Å². The van der Waals surface area contributed by atoms with Gasteiger partial charge in [-0.3, -0.25) is 5.41 Å². The van der Waals surface area contributed by atoms with Crippen LogP contribution in [-0.4, -0.2) is 36.0 Å². The standard InChI is InChI=1S/C12H22N2O/c1-12(2)9-15-8-7-14(12)11(13)10-5-3-4-6-10/h10,13H,3-9H2,1-2H3. The first kappa shape index (κ1) is 10.9. The highest BCUT2D eigenvalue weighted by Crippen LogP contribution is 2.30. The minimum Gasteiger partial charge on any atom is -0.377 e. The molecule has 86 valence electrons. The number of morpholine rings is 1. The monoisotopic (exact) mass is 210 g/mol. The topological polar surface area (TPSA) is 36.3 Å². The number of ether oxygens (including phenoxy) is 1. The van der Waals surface area contributed by atoms with Gasteiger partial charge < -0.3 is 9.64 Å². The summed E-state index contributed by atoms with van der Waals surface area (Å²) in [5.41, 5.74) is 0.0118. The predicted octanol–water partition coefficient (Wildman–Crippen LogP) is 2.26. The number of nitrogens with zero attached hydrogens (tertiary/aromatic N) is 1. The molecule has 3 nitrogen and oxygen atoms in total. The molecular weight excluding hydrogens is 188 g/mol. The molecule has 0 unspecified atom stereocenters. The summed E-state index contributed by atoms with van der Waals surface area (Å²) in [7, 11) is 0. The van der Waals surface area contributed by atoms with Gasteiger partial charge in [0.05, 0.1) is 24.6 Å². The van der Waals surface area contributed by atoms with Gasteiger partial charge in [-0.25, -0.2) is 0 Å². The van der Waals surface area contributed by atoms with Crippen LogP contribution in [-0.2, 0) is 4.74 Å². The quantitative estimate of drug-likeness (QED) is 0.532. The van der Waals surface area contributed by atoms with Crippen LogP contribution < -0.4 is 0 Å². The van der Waals surface area contributed by atoms with Crippen LogP contribution in [0.5, 0.6) is 0 Å². The number of nitrogens with one attached hydrogen (secondary N) is 1. The number of rotatable bonds is 1. The summed E-state index contributed by atoms with van der Waals surface area (Å²) in [5, 5.41) is 8.31. The SMILES string of the molecule is CC1(C)COCCN1C(=N)C1CCCC1. The second kappa shape index (κ2) is 4.12. The van der Waals surface area contributed by atoms with Crippen LogP contribution in [0.4, 0.5) is 0 Å². The molecule has 0 atom stereocenters. The van der Waals surface area contributed by atoms with Crippen molar-refractivity contribution in [2.75, 3.05) is 19.8 Å². The summed E-state index contributed by atoms with van der Waals surface area (Å²) < 4.78 is 5.49. The molecule has 1 aliphatic carbocycles. The summed E-state index contributed by atoms with van der Waals surface area (Å²) in [4.78, 5) is 2.26. The van der Waals surface area contributed by atoms with Crippen LogP contribution in [0.25, 0.3) is 0 Å². The smallest absolute Gasteiger partial charge is 0.0995 e. The Morgan fingerprint density at radius 3 is 2.60 bits per heavy atom. The molecule has 2 aliphatic rings. The fourth-order valence-corrected chi connectivity index (χ4v) is 2.72. The Hall–Kier alpha value is -0.570. The van der Waals surface area contributed by atoms with Crippen molar-refractivity contribution in [3.05, 3.63) is 0 Å². The van der Waals surface area contributed by atoms with E-state index in [1.807, 2.05) is 0 Å². The van der Waals surface area contributed by atoms with E-state index in [-0.39, 0.29) is 5.54 Å². The lowest BCUT2D eigenvalue weighted by Crippen LogP contribution is -2.56. The van der Waals surface area contributed by atoms with Crippen LogP contribution in [0.1, 0.15) is 39.5 Å². The van der Waals surface area contributed by atoms with Crippen LogP contribution >= 0.6 is 0 Å². The molecule has 15 heavy (non-hydrogen) atoms. The first-order valence-corrected chi connectivity index (χ1v) is 6.05. The van der Waals surface area contributed by atoms with E-state index >= 15 is 0 Å². The van der Waals surface area contributed by atoms with Gasteiger partial charge in [0.25, 0.3) is 0 Å². The molecule has 2 rings (SSSR count). The van der Waals surface area contributed by atoms with Crippen molar-refractivity contribution >= 4 is 5.84 Å². The van der Waals surface area contributed by atoms with Crippen molar-refractivity contribution in [2.45, 2.75) is 45.1 Å². The summed E-state index contributed by atoms with van der Waals surface area (Å²) in [5.74, 6) is 1.38. The molecule has 0 amide bonds. The predicted molar refractivity (Wildman–Crippen MR) is 61.3 cm³/mol. The fraction of sp³-hybridized carbons (Fsp3) is 0.917. The molecule has 1 heterocycles. The second-order valence-corrected chi connectivity index (χ2v) is 5.38. The van der Waals surface area contributed by atoms with Crippen LogP contribution in [0.2, 0.25) is 0 Å². The van der Waals surface area contributed by atoms with Crippen molar-refractivity contribution < 1.29 is 4.74 Å². The van der Waals surface area contributed by atoms with E-state index in [2.05, 4.69) is 18.7 Å². The van der Waals surface area contributed by atoms with Gasteiger partial charge in [-0.05, 0) is 26.7 Å². The van der Waals surface area contributed by atoms with Gasteiger partial charge in [0, 0.05) is 12.5 Å². The highest BCUT2D eigenvalue weighted by atomic mass is 16.5. The van der Waals surface area contributed by atoms with Crippen molar-refractivity contribution in [2.24, 2.45) is 5.92 Å². The summed E-state index contributed by atoms with van der Waals surface area (Å²) in [6, 6.07) is 0. The Labute approximate surface area is 92.3 Å². The molecule has 0 aromatic rings. The fourth-order valence-electron chi connectivity index (χ4n) is 2.72. The van der Waals surface area contributed by atoms with E-state index in [0.29, 0.717) is 5.92 Å². The number of amidine groups is 1. The van der Waals surface area contributed by atoms with E-state index in [1.54, 1.807) is 0 Å². The van der Waals surface area contributed by atoms with Crippen LogP contribution in [0.15, 0.2) is 0 Å². The maximum absolute atomic E-state index is 8.31. The normalized spacial score (nSPS) is 26.9. The lowest BCUT2D eigenvalue weighted by atomic mass is 9.97. The molecule has 1 aliphatic heterocycles. The molecule has 1 saturated carbocycles. The number of hydrogen-bond donors (Lipinski definition) is 1. The minimum absolute atomic E-state index is 0.0118. The summed E-state index contributed by atoms with van der Waals surface area (Å²) >= 11 is 0. The lowest BCUT2D eigenvalue weighted by Gasteiger charge is -2.45. The molecule has 0 bridgehead atoms. The van der Waals surface area contributed by atoms with E-state index in [4.69, 9.17) is 10.1 Å². The van der Waals surface area contributed by atoms with Gasteiger partial charge in [0.15, 0.2) is 0 Å². The van der Waals surface area contributed by atoms with Crippen LogP contribution in [0.3, 0.4) is 0 Å². The molecule has 0 radical (unpaired) electrons. The van der Waals surface area contributed by atoms with Gasteiger partial charge in [0.1, 0.15) is 0 Å². The van der Waals surface area contributed by atoms with Gasteiger partial charge in [0.2, 0.25) is 0 Å². The highest BCUT2D eigenvalue weighted by Gasteiger charge is 2.35. The molecule has 0 aromatic heterocycles. The third-order valence-electron chi connectivity index (χ3n) is 3.68. The van der Waals surface area contributed by atoms with Gasteiger partial charge >= 0.3 is 0 Å². The lowest BCUT2D eigenvalue weighted by molar-refractivity contribution is -0.0177. The Morgan fingerprint density at radius 1 is 1.33 bits per heavy atom. The first-order valence-electron chi connectivity index (χ1n) is 6.05. The molecule has 2 fully saturated rings. The van der Waals surface area contributed by atoms with Gasteiger partial charge in [-0.1, -0.05) is 12.8 Å². The molecule has 1 N–H and O–H groups in total. The van der Waals surface area contributed by atoms with E-state index in [0.717, 1.165) is 25.6 Å². The van der Waals surface area contributed by atoms with E-state index in [1.165, 1.54) is 25.7 Å². The van der Waals surface area contributed by atoms with Crippen molar-refractivity contribution in [3.8, 4) is 0 Å². The highest BCUT2D eigenvalue weighted by molar-refractivity contribution is 5.82. The zero-order valence-corrected chi connectivity index (χ0v) is 9.88. The van der Waals surface area contributed by atoms with Crippen molar-refractivity contribution in [3.63, 3.8) is 0 Å². The maximum Gasteiger partial charge on any atom is 0.0995 e. The van der Waals surface area contributed by atoms with E-state index in [9.17, 15) is 0 Å². The third-order valence-corrected chi connectivity index (χ3v) is 3.68. The summed E-state index contributed by atoms with van der Waals surface area (Å²) in [6.07, 6.45) is 5.04. The zero-order chi connectivity index (χ0) is 10.9. The van der Waals surface area contributed by atoms with Gasteiger partial charge in [-0.2, -0.15) is 0 Å². The van der Waals surface area contributed by atoms with Crippen LogP contribution in [0, 0.1) is 11.3 Å². The molecule has 1 saturated heterocycles. The van der Waals surface area contributed by atoms with E-state index < -0.39 is 0 Å². The van der Waals surface area contributed by atoms with Crippen molar-refractivity contribution in [1.29, 1.82) is 5.41 Å². The third kappa shape index (κ3) is 2.17.